The quantitative estimate of drug-likeness (QED) is 0.349. The maximum atomic E-state index is 13.7. The van der Waals surface area contributed by atoms with Crippen molar-refractivity contribution in [3.8, 4) is 11.5 Å². The van der Waals surface area contributed by atoms with Gasteiger partial charge in [0.1, 0.15) is 17.3 Å². The van der Waals surface area contributed by atoms with E-state index in [9.17, 15) is 14.0 Å². The third kappa shape index (κ3) is 3.80. The van der Waals surface area contributed by atoms with Gasteiger partial charge in [0.15, 0.2) is 5.76 Å². The molecule has 0 bridgehead atoms. The molecule has 144 valence electrons. The topological polar surface area (TPSA) is 52.6 Å². The van der Waals surface area contributed by atoms with Crippen LogP contribution in [-0.4, -0.2) is 11.8 Å². The first kappa shape index (κ1) is 18.6. The summed E-state index contributed by atoms with van der Waals surface area (Å²) in [7, 11) is 0. The Labute approximate surface area is 167 Å². The first-order chi connectivity index (χ1) is 14.0. The molecule has 1 aliphatic heterocycles. The number of hydrogen-bond acceptors (Lipinski definition) is 4. The molecule has 0 unspecified atom stereocenters. The van der Waals surface area contributed by atoms with Crippen LogP contribution in [0.3, 0.4) is 0 Å². The Kier molecular flexibility index (Phi) is 4.96. The lowest BCUT2D eigenvalue weighted by atomic mass is 10.1. The zero-order chi connectivity index (χ0) is 20.4. The average molecular weight is 388 g/mol. The highest BCUT2D eigenvalue weighted by Crippen LogP contribution is 2.35. The molecular weight excluding hydrogens is 371 g/mol. The molecule has 1 aliphatic rings. The van der Waals surface area contributed by atoms with Gasteiger partial charge in [-0.15, -0.1) is 0 Å². The molecular formula is C24H17FO4. The highest BCUT2D eigenvalue weighted by atomic mass is 19.1. The van der Waals surface area contributed by atoms with Gasteiger partial charge >= 0.3 is 5.97 Å². The summed E-state index contributed by atoms with van der Waals surface area (Å²) >= 11 is 0. The fourth-order valence-corrected chi connectivity index (χ4v) is 3.02. The summed E-state index contributed by atoms with van der Waals surface area (Å²) in [6.07, 6.45) is 2.61. The van der Waals surface area contributed by atoms with E-state index in [0.717, 1.165) is 12.0 Å². The standard InChI is InChI=1S/C24H17FO4/c1-2-15-7-9-16(10-8-15)13-22-23(26)19-12-11-17(14-21(19)29-22)28-24(27)18-5-3-4-6-20(18)25/h3-14H,2H2,1H3/b22-13+. The zero-order valence-corrected chi connectivity index (χ0v) is 15.6. The summed E-state index contributed by atoms with van der Waals surface area (Å²) in [5, 5.41) is 0. The fourth-order valence-electron chi connectivity index (χ4n) is 3.02. The summed E-state index contributed by atoms with van der Waals surface area (Å²) in [6, 6.07) is 17.9. The lowest BCUT2D eigenvalue weighted by Crippen LogP contribution is -2.10. The molecule has 0 aliphatic carbocycles. The van der Waals surface area contributed by atoms with Gasteiger partial charge in [0.25, 0.3) is 0 Å². The van der Waals surface area contributed by atoms with Crippen LogP contribution >= 0.6 is 0 Å². The SMILES string of the molecule is CCc1ccc(/C=C2/Oc3cc(OC(=O)c4ccccc4F)ccc3C2=O)cc1. The Hall–Kier alpha value is -3.73. The molecule has 0 saturated carbocycles. The van der Waals surface area contributed by atoms with Crippen molar-refractivity contribution in [2.24, 2.45) is 0 Å². The second-order valence-corrected chi connectivity index (χ2v) is 6.56. The third-order valence-electron chi connectivity index (χ3n) is 4.63. The summed E-state index contributed by atoms with van der Waals surface area (Å²) in [5.74, 6) is -1.07. The van der Waals surface area contributed by atoms with Gasteiger partial charge in [-0.1, -0.05) is 43.3 Å². The van der Waals surface area contributed by atoms with Gasteiger partial charge in [-0.3, -0.25) is 4.79 Å². The molecule has 0 amide bonds. The summed E-state index contributed by atoms with van der Waals surface area (Å²) < 4.78 is 24.7. The molecule has 0 spiro atoms. The molecule has 3 aromatic carbocycles. The number of hydrogen-bond donors (Lipinski definition) is 0. The van der Waals surface area contributed by atoms with E-state index in [2.05, 4.69) is 6.92 Å². The van der Waals surface area contributed by atoms with E-state index >= 15 is 0 Å². The molecule has 0 atom stereocenters. The van der Waals surface area contributed by atoms with Crippen LogP contribution in [0.15, 0.2) is 72.5 Å². The smallest absolute Gasteiger partial charge is 0.346 e. The van der Waals surface area contributed by atoms with Gasteiger partial charge in [-0.05, 0) is 47.9 Å². The highest BCUT2D eigenvalue weighted by molar-refractivity contribution is 6.14. The van der Waals surface area contributed by atoms with Crippen molar-refractivity contribution in [1.82, 2.24) is 0 Å². The molecule has 0 N–H and O–H groups in total. The van der Waals surface area contributed by atoms with Crippen molar-refractivity contribution >= 4 is 17.8 Å². The first-order valence-electron chi connectivity index (χ1n) is 9.19. The summed E-state index contributed by atoms with van der Waals surface area (Å²) in [5.41, 5.74) is 2.27. The molecule has 0 fully saturated rings. The zero-order valence-electron chi connectivity index (χ0n) is 15.6. The van der Waals surface area contributed by atoms with E-state index < -0.39 is 11.8 Å². The average Bonchev–Trinajstić information content (AvgIpc) is 3.03. The Morgan fingerprint density at radius 3 is 2.55 bits per heavy atom. The minimum absolute atomic E-state index is 0.165. The maximum absolute atomic E-state index is 13.7. The van der Waals surface area contributed by atoms with E-state index in [1.807, 2.05) is 24.3 Å². The molecule has 0 aromatic heterocycles. The number of ether oxygens (including phenoxy) is 2. The predicted molar refractivity (Wildman–Crippen MR) is 107 cm³/mol. The predicted octanol–water partition coefficient (Wildman–Crippen LogP) is 5.22. The molecule has 0 saturated heterocycles. The molecule has 29 heavy (non-hydrogen) atoms. The Bertz CT molecular complexity index is 1130. The van der Waals surface area contributed by atoms with E-state index in [-0.39, 0.29) is 22.9 Å². The van der Waals surface area contributed by atoms with Gasteiger partial charge in [-0.2, -0.15) is 0 Å². The van der Waals surface area contributed by atoms with E-state index in [1.54, 1.807) is 12.1 Å². The van der Waals surface area contributed by atoms with Crippen molar-refractivity contribution in [3.05, 3.63) is 101 Å². The number of esters is 1. The molecule has 4 rings (SSSR count). The number of carbonyl (C=O) groups is 2. The van der Waals surface area contributed by atoms with Gasteiger partial charge < -0.3 is 9.47 Å². The van der Waals surface area contributed by atoms with Gasteiger partial charge in [0, 0.05) is 6.07 Å². The van der Waals surface area contributed by atoms with E-state index in [1.165, 1.54) is 42.0 Å². The second-order valence-electron chi connectivity index (χ2n) is 6.56. The van der Waals surface area contributed by atoms with E-state index in [4.69, 9.17) is 9.47 Å². The number of benzene rings is 3. The normalized spacial score (nSPS) is 13.9. The van der Waals surface area contributed by atoms with Crippen molar-refractivity contribution in [2.45, 2.75) is 13.3 Å². The Balaban J connectivity index is 1.54. The minimum atomic E-state index is -0.820. The van der Waals surface area contributed by atoms with Crippen LogP contribution < -0.4 is 9.47 Å². The van der Waals surface area contributed by atoms with Crippen molar-refractivity contribution in [1.29, 1.82) is 0 Å². The molecule has 4 nitrogen and oxygen atoms in total. The van der Waals surface area contributed by atoms with Gasteiger partial charge in [-0.25, -0.2) is 9.18 Å². The van der Waals surface area contributed by atoms with Crippen LogP contribution in [0.2, 0.25) is 0 Å². The van der Waals surface area contributed by atoms with Crippen LogP contribution in [0.1, 0.15) is 38.8 Å². The summed E-state index contributed by atoms with van der Waals surface area (Å²) in [4.78, 5) is 24.7. The van der Waals surface area contributed by atoms with Crippen LogP contribution in [0.25, 0.3) is 6.08 Å². The number of halogens is 1. The molecule has 0 radical (unpaired) electrons. The monoisotopic (exact) mass is 388 g/mol. The number of rotatable bonds is 4. The number of allylic oxidation sites excluding steroid dienone is 1. The number of aryl methyl sites for hydroxylation is 1. The van der Waals surface area contributed by atoms with Crippen LogP contribution in [0.4, 0.5) is 4.39 Å². The number of ketones is 1. The largest absolute Gasteiger partial charge is 0.452 e. The van der Waals surface area contributed by atoms with Crippen LogP contribution in [0, 0.1) is 5.82 Å². The Morgan fingerprint density at radius 1 is 1.07 bits per heavy atom. The van der Waals surface area contributed by atoms with Crippen molar-refractivity contribution in [2.75, 3.05) is 0 Å². The fraction of sp³-hybridized carbons (Fsp3) is 0.0833. The molecule has 1 heterocycles. The number of carbonyl (C=O) groups excluding carboxylic acids is 2. The lowest BCUT2D eigenvalue weighted by Gasteiger charge is -2.06. The van der Waals surface area contributed by atoms with Crippen molar-refractivity contribution < 1.29 is 23.5 Å². The highest BCUT2D eigenvalue weighted by Gasteiger charge is 2.28. The lowest BCUT2D eigenvalue weighted by molar-refractivity contribution is 0.0729. The van der Waals surface area contributed by atoms with Crippen molar-refractivity contribution in [3.63, 3.8) is 0 Å². The first-order valence-corrected chi connectivity index (χ1v) is 9.19. The third-order valence-corrected chi connectivity index (χ3v) is 4.63. The molecule has 3 aromatic rings. The molecule has 5 heteroatoms. The second kappa shape index (κ2) is 7.72. The Morgan fingerprint density at radius 2 is 1.83 bits per heavy atom. The van der Waals surface area contributed by atoms with E-state index in [0.29, 0.717) is 11.3 Å². The van der Waals surface area contributed by atoms with Gasteiger partial charge in [0.2, 0.25) is 5.78 Å². The maximum Gasteiger partial charge on any atom is 0.346 e. The van der Waals surface area contributed by atoms with Crippen LogP contribution in [-0.2, 0) is 6.42 Å². The van der Waals surface area contributed by atoms with Gasteiger partial charge in [0.05, 0.1) is 11.1 Å². The summed E-state index contributed by atoms with van der Waals surface area (Å²) in [6.45, 7) is 2.07. The van der Waals surface area contributed by atoms with Crippen LogP contribution in [0.5, 0.6) is 11.5 Å². The number of fused-ring (bicyclic) bond motifs is 1. The minimum Gasteiger partial charge on any atom is -0.452 e. The number of Topliss-reactive ketones (excluding diaryl/α,β-unsaturated/α-hetero) is 1.